The first-order valence-electron chi connectivity index (χ1n) is 7.55. The van der Waals surface area contributed by atoms with Crippen LogP contribution in [-0.2, 0) is 0 Å². The highest BCUT2D eigenvalue weighted by atomic mass is 127. The number of aromatic nitrogens is 2. The SMILES string of the molecule is Cc1[nH]n(-c2ccc(I)cc2)c(=O)c1C=Nc1ccc(C(=O)O)c(O)c1. The number of carboxylic acids is 1. The van der Waals surface area contributed by atoms with E-state index in [2.05, 4.69) is 32.7 Å². The molecule has 0 unspecified atom stereocenters. The predicted octanol–water partition coefficient (Wildman–Crippen LogP) is 3.23. The van der Waals surface area contributed by atoms with Crippen LogP contribution in [0.25, 0.3) is 5.69 Å². The number of carbonyl (C=O) groups is 1. The van der Waals surface area contributed by atoms with Gasteiger partial charge in [-0.1, -0.05) is 0 Å². The Morgan fingerprint density at radius 3 is 2.54 bits per heavy atom. The van der Waals surface area contributed by atoms with Gasteiger partial charge in [0.05, 0.1) is 16.9 Å². The van der Waals surface area contributed by atoms with Gasteiger partial charge in [-0.05, 0) is 65.9 Å². The smallest absolute Gasteiger partial charge is 0.339 e. The second kappa shape index (κ2) is 7.16. The van der Waals surface area contributed by atoms with Gasteiger partial charge < -0.3 is 10.2 Å². The highest BCUT2D eigenvalue weighted by molar-refractivity contribution is 14.1. The number of hydrogen-bond acceptors (Lipinski definition) is 4. The minimum Gasteiger partial charge on any atom is -0.507 e. The van der Waals surface area contributed by atoms with Gasteiger partial charge in [0.25, 0.3) is 5.56 Å². The van der Waals surface area contributed by atoms with Gasteiger partial charge >= 0.3 is 5.97 Å². The average molecular weight is 463 g/mol. The Balaban J connectivity index is 1.94. The molecule has 1 heterocycles. The molecule has 132 valence electrons. The molecule has 2 aromatic carbocycles. The summed E-state index contributed by atoms with van der Waals surface area (Å²) in [5, 5.41) is 21.6. The van der Waals surface area contributed by atoms with Crippen molar-refractivity contribution in [1.29, 1.82) is 0 Å². The van der Waals surface area contributed by atoms with E-state index in [0.717, 1.165) is 3.57 Å². The zero-order valence-electron chi connectivity index (χ0n) is 13.6. The molecule has 0 aliphatic rings. The normalized spacial score (nSPS) is 11.2. The first kappa shape index (κ1) is 17.9. The minimum atomic E-state index is -1.22. The van der Waals surface area contributed by atoms with E-state index in [4.69, 9.17) is 5.11 Å². The van der Waals surface area contributed by atoms with Crippen LogP contribution in [0.4, 0.5) is 5.69 Å². The molecule has 8 heteroatoms. The maximum atomic E-state index is 12.6. The van der Waals surface area contributed by atoms with Crippen LogP contribution in [0.5, 0.6) is 5.75 Å². The van der Waals surface area contributed by atoms with E-state index in [1.165, 1.54) is 29.1 Å². The fraction of sp³-hybridized carbons (Fsp3) is 0.0556. The molecule has 3 N–H and O–H groups in total. The van der Waals surface area contributed by atoms with Crippen LogP contribution in [0, 0.1) is 10.5 Å². The molecular weight excluding hydrogens is 449 g/mol. The van der Waals surface area contributed by atoms with Gasteiger partial charge in [0, 0.05) is 21.5 Å². The second-order valence-electron chi connectivity index (χ2n) is 5.53. The molecule has 0 amide bonds. The van der Waals surface area contributed by atoms with Crippen LogP contribution in [0.3, 0.4) is 0 Å². The number of halogens is 1. The maximum Gasteiger partial charge on any atom is 0.339 e. The summed E-state index contributed by atoms with van der Waals surface area (Å²) in [6.07, 6.45) is 1.40. The number of nitrogens with one attached hydrogen (secondary N) is 1. The number of phenols is 1. The standard InChI is InChI=1S/C18H14IN3O4/c1-10-15(9-20-12-4-7-14(18(25)26)16(23)8-12)17(24)22(21-10)13-5-2-11(19)3-6-13/h2-9,21,23H,1H3,(H,25,26). The Bertz CT molecular complexity index is 1070. The summed E-state index contributed by atoms with van der Waals surface area (Å²) in [5.74, 6) is -1.60. The minimum absolute atomic E-state index is 0.206. The van der Waals surface area contributed by atoms with Gasteiger partial charge in [-0.3, -0.25) is 14.9 Å². The summed E-state index contributed by atoms with van der Waals surface area (Å²) < 4.78 is 2.49. The third kappa shape index (κ3) is 3.54. The van der Waals surface area contributed by atoms with Crippen LogP contribution >= 0.6 is 22.6 Å². The largest absolute Gasteiger partial charge is 0.507 e. The topological polar surface area (TPSA) is 108 Å². The van der Waals surface area contributed by atoms with Crippen LogP contribution in [-0.4, -0.2) is 32.2 Å². The lowest BCUT2D eigenvalue weighted by molar-refractivity contribution is 0.0694. The van der Waals surface area contributed by atoms with Crippen molar-refractivity contribution in [3.63, 3.8) is 0 Å². The molecule has 7 nitrogen and oxygen atoms in total. The summed E-state index contributed by atoms with van der Waals surface area (Å²) in [7, 11) is 0. The number of rotatable bonds is 4. The molecule has 3 aromatic rings. The number of aromatic hydroxyl groups is 1. The van der Waals surface area contributed by atoms with E-state index in [9.17, 15) is 14.7 Å². The molecular formula is C18H14IN3O4. The number of benzene rings is 2. The molecule has 0 spiro atoms. The lowest BCUT2D eigenvalue weighted by Crippen LogP contribution is -2.17. The lowest BCUT2D eigenvalue weighted by atomic mass is 10.2. The molecule has 26 heavy (non-hydrogen) atoms. The number of aromatic carboxylic acids is 1. The van der Waals surface area contributed by atoms with Crippen LogP contribution in [0.15, 0.2) is 52.3 Å². The molecule has 0 bridgehead atoms. The molecule has 0 saturated carbocycles. The zero-order valence-corrected chi connectivity index (χ0v) is 15.8. The van der Waals surface area contributed by atoms with Gasteiger partial charge in [-0.15, -0.1) is 0 Å². The van der Waals surface area contributed by atoms with Crippen LogP contribution < -0.4 is 5.56 Å². The fourth-order valence-electron chi connectivity index (χ4n) is 2.40. The summed E-state index contributed by atoms with van der Waals surface area (Å²) in [5.41, 5.74) is 1.62. The van der Waals surface area contributed by atoms with E-state index in [1.54, 1.807) is 6.92 Å². The zero-order chi connectivity index (χ0) is 18.8. The Morgan fingerprint density at radius 2 is 1.92 bits per heavy atom. The predicted molar refractivity (Wildman–Crippen MR) is 106 cm³/mol. The fourth-order valence-corrected chi connectivity index (χ4v) is 2.76. The molecule has 0 aliphatic carbocycles. The van der Waals surface area contributed by atoms with Gasteiger partial charge in [-0.25, -0.2) is 9.48 Å². The van der Waals surface area contributed by atoms with Gasteiger partial charge in [-0.2, -0.15) is 0 Å². The number of H-pyrrole nitrogens is 1. The highest BCUT2D eigenvalue weighted by Gasteiger charge is 2.12. The summed E-state index contributed by atoms with van der Waals surface area (Å²) >= 11 is 2.19. The Hall–Kier alpha value is -2.88. The molecule has 0 radical (unpaired) electrons. The Labute approximate surface area is 161 Å². The first-order chi connectivity index (χ1) is 12.4. The van der Waals surface area contributed by atoms with Crippen molar-refractivity contribution in [3.05, 3.63) is 73.2 Å². The van der Waals surface area contributed by atoms with Gasteiger partial charge in [0.2, 0.25) is 0 Å². The van der Waals surface area contributed by atoms with E-state index in [-0.39, 0.29) is 16.9 Å². The van der Waals surface area contributed by atoms with Gasteiger partial charge in [0.15, 0.2) is 0 Å². The Kier molecular flexibility index (Phi) is 4.94. The number of hydrogen-bond donors (Lipinski definition) is 3. The summed E-state index contributed by atoms with van der Waals surface area (Å²) in [4.78, 5) is 27.7. The second-order valence-corrected chi connectivity index (χ2v) is 6.78. The number of aliphatic imine (C=N–C) groups is 1. The third-order valence-corrected chi connectivity index (χ3v) is 4.48. The van der Waals surface area contributed by atoms with E-state index in [0.29, 0.717) is 22.6 Å². The number of aromatic amines is 1. The van der Waals surface area contributed by atoms with Crippen molar-refractivity contribution < 1.29 is 15.0 Å². The van der Waals surface area contributed by atoms with Gasteiger partial charge in [0.1, 0.15) is 11.3 Å². The molecule has 0 aliphatic heterocycles. The first-order valence-corrected chi connectivity index (χ1v) is 8.62. The quantitative estimate of drug-likeness (QED) is 0.408. The van der Waals surface area contributed by atoms with Crippen molar-refractivity contribution in [1.82, 2.24) is 9.78 Å². The highest BCUT2D eigenvalue weighted by Crippen LogP contribution is 2.23. The lowest BCUT2D eigenvalue weighted by Gasteiger charge is -2.01. The molecule has 0 atom stereocenters. The number of nitrogens with zero attached hydrogens (tertiary/aromatic N) is 2. The molecule has 3 rings (SSSR count). The van der Waals surface area contributed by atoms with Crippen molar-refractivity contribution in [3.8, 4) is 11.4 Å². The third-order valence-electron chi connectivity index (χ3n) is 3.76. The number of aryl methyl sites for hydroxylation is 1. The van der Waals surface area contributed by atoms with Crippen LogP contribution in [0.1, 0.15) is 21.6 Å². The monoisotopic (exact) mass is 463 g/mol. The van der Waals surface area contributed by atoms with E-state index < -0.39 is 5.97 Å². The number of carboxylic acid groups (broad SMARTS) is 1. The molecule has 0 fully saturated rings. The summed E-state index contributed by atoms with van der Waals surface area (Å²) in [6, 6.07) is 11.4. The molecule has 1 aromatic heterocycles. The van der Waals surface area contributed by atoms with E-state index >= 15 is 0 Å². The Morgan fingerprint density at radius 1 is 1.23 bits per heavy atom. The average Bonchev–Trinajstić information content (AvgIpc) is 2.88. The van der Waals surface area contributed by atoms with Crippen molar-refractivity contribution in [2.24, 2.45) is 4.99 Å². The summed E-state index contributed by atoms with van der Waals surface area (Å²) in [6.45, 7) is 1.76. The van der Waals surface area contributed by atoms with Crippen molar-refractivity contribution >= 4 is 40.5 Å². The van der Waals surface area contributed by atoms with Crippen molar-refractivity contribution in [2.75, 3.05) is 0 Å². The maximum absolute atomic E-state index is 12.6. The van der Waals surface area contributed by atoms with Crippen molar-refractivity contribution in [2.45, 2.75) is 6.92 Å². The van der Waals surface area contributed by atoms with Crippen LogP contribution in [0.2, 0.25) is 0 Å². The van der Waals surface area contributed by atoms with E-state index in [1.807, 2.05) is 24.3 Å². The molecule has 0 saturated heterocycles.